The van der Waals surface area contributed by atoms with Crippen LogP contribution in [0, 0.1) is 17.8 Å². The van der Waals surface area contributed by atoms with E-state index in [1.807, 2.05) is 12.1 Å². The predicted molar refractivity (Wildman–Crippen MR) is 78.2 cm³/mol. The Hall–Kier alpha value is -1.78. The summed E-state index contributed by atoms with van der Waals surface area (Å²) in [6.07, 6.45) is 5.64. The van der Waals surface area contributed by atoms with Gasteiger partial charge >= 0.3 is 0 Å². The van der Waals surface area contributed by atoms with E-state index in [4.69, 9.17) is 10.4 Å². The van der Waals surface area contributed by atoms with Gasteiger partial charge in [-0.15, -0.1) is 0 Å². The number of hydrogen-bond acceptors (Lipinski definition) is 5. The fraction of sp³-hybridized carbons (Fsp3) is 0.600. The van der Waals surface area contributed by atoms with Crippen LogP contribution in [-0.2, 0) is 0 Å². The summed E-state index contributed by atoms with van der Waals surface area (Å²) in [5.74, 6) is 2.65. The first-order valence-electron chi connectivity index (χ1n) is 7.49. The van der Waals surface area contributed by atoms with Gasteiger partial charge in [0.15, 0.2) is 11.0 Å². The van der Waals surface area contributed by atoms with Crippen molar-refractivity contribution in [2.75, 3.05) is 11.1 Å². The third kappa shape index (κ3) is 1.76. The van der Waals surface area contributed by atoms with Gasteiger partial charge in [0.05, 0.1) is 11.4 Å². The van der Waals surface area contributed by atoms with E-state index in [0.717, 1.165) is 29.0 Å². The SMILES string of the molecule is CC(Nc1ccc(N)c2nonc12)C1CC2CCC1C2. The van der Waals surface area contributed by atoms with E-state index >= 15 is 0 Å². The molecule has 0 radical (unpaired) electrons. The lowest BCUT2D eigenvalue weighted by molar-refractivity contribution is 0.304. The Morgan fingerprint density at radius 2 is 2.10 bits per heavy atom. The number of nitrogens with one attached hydrogen (secondary N) is 1. The number of aromatic nitrogens is 2. The molecule has 0 aliphatic heterocycles. The number of fused-ring (bicyclic) bond motifs is 3. The summed E-state index contributed by atoms with van der Waals surface area (Å²) in [5.41, 5.74) is 8.85. The first-order valence-corrected chi connectivity index (χ1v) is 7.49. The largest absolute Gasteiger partial charge is 0.397 e. The minimum atomic E-state index is 0.453. The molecule has 1 aromatic heterocycles. The zero-order valence-electron chi connectivity index (χ0n) is 11.7. The van der Waals surface area contributed by atoms with Crippen molar-refractivity contribution in [3.63, 3.8) is 0 Å². The third-order valence-electron chi connectivity index (χ3n) is 5.26. The van der Waals surface area contributed by atoms with Crippen LogP contribution in [0.3, 0.4) is 0 Å². The smallest absolute Gasteiger partial charge is 0.160 e. The topological polar surface area (TPSA) is 77.0 Å². The van der Waals surface area contributed by atoms with Gasteiger partial charge < -0.3 is 11.1 Å². The summed E-state index contributed by atoms with van der Waals surface area (Å²) in [6, 6.07) is 4.29. The van der Waals surface area contributed by atoms with Crippen molar-refractivity contribution >= 4 is 22.4 Å². The normalized spacial score (nSPS) is 29.9. The van der Waals surface area contributed by atoms with Crippen molar-refractivity contribution in [3.05, 3.63) is 12.1 Å². The van der Waals surface area contributed by atoms with Gasteiger partial charge in [-0.25, -0.2) is 4.63 Å². The molecular weight excluding hydrogens is 252 g/mol. The molecule has 3 N–H and O–H groups in total. The number of benzene rings is 1. The van der Waals surface area contributed by atoms with Crippen LogP contribution in [-0.4, -0.2) is 16.4 Å². The lowest BCUT2D eigenvalue weighted by Gasteiger charge is -2.29. The summed E-state index contributed by atoms with van der Waals surface area (Å²) in [5, 5.41) is 11.5. The van der Waals surface area contributed by atoms with Gasteiger partial charge in [0.2, 0.25) is 0 Å². The number of rotatable bonds is 3. The van der Waals surface area contributed by atoms with Crippen molar-refractivity contribution in [1.29, 1.82) is 0 Å². The van der Waals surface area contributed by atoms with Crippen molar-refractivity contribution < 1.29 is 4.63 Å². The van der Waals surface area contributed by atoms with Crippen LogP contribution in [0.2, 0.25) is 0 Å². The average molecular weight is 272 g/mol. The summed E-state index contributed by atoms with van der Waals surface area (Å²) in [6.45, 7) is 2.28. The van der Waals surface area contributed by atoms with Crippen LogP contribution in [0.25, 0.3) is 11.0 Å². The minimum Gasteiger partial charge on any atom is -0.397 e. The first kappa shape index (κ1) is 12.0. The highest BCUT2D eigenvalue weighted by Crippen LogP contribution is 2.50. The van der Waals surface area contributed by atoms with Gasteiger partial charge in [-0.05, 0) is 66.4 Å². The lowest BCUT2D eigenvalue weighted by atomic mass is 9.84. The molecule has 0 amide bonds. The van der Waals surface area contributed by atoms with Gasteiger partial charge in [-0.1, -0.05) is 6.42 Å². The maximum absolute atomic E-state index is 5.88. The van der Waals surface area contributed by atoms with Crippen molar-refractivity contribution in [2.45, 2.75) is 38.6 Å². The second-order valence-electron chi connectivity index (χ2n) is 6.44. The van der Waals surface area contributed by atoms with Crippen LogP contribution in [0.4, 0.5) is 11.4 Å². The summed E-state index contributed by atoms with van der Waals surface area (Å²) in [7, 11) is 0. The molecule has 2 fully saturated rings. The standard InChI is InChI=1S/C15H20N4O/c1-8(11-7-9-2-3-10(11)6-9)17-13-5-4-12(16)14-15(13)19-20-18-14/h4-5,8-11,17H,2-3,6-7,16H2,1H3. The molecule has 1 aromatic carbocycles. The maximum Gasteiger partial charge on any atom is 0.160 e. The summed E-state index contributed by atoms with van der Waals surface area (Å²) in [4.78, 5) is 0. The van der Waals surface area contributed by atoms with Crippen LogP contribution in [0.1, 0.15) is 32.6 Å². The van der Waals surface area contributed by atoms with Gasteiger partial charge in [-0.2, -0.15) is 0 Å². The van der Waals surface area contributed by atoms with Crippen LogP contribution in [0.15, 0.2) is 16.8 Å². The molecule has 2 bridgehead atoms. The Kier molecular flexibility index (Phi) is 2.62. The molecule has 5 nitrogen and oxygen atoms in total. The summed E-state index contributed by atoms with van der Waals surface area (Å²) < 4.78 is 4.82. The van der Waals surface area contributed by atoms with Gasteiger partial charge in [0, 0.05) is 6.04 Å². The highest BCUT2D eigenvalue weighted by molar-refractivity contribution is 5.95. The number of nitrogens with two attached hydrogens (primary N) is 1. The molecule has 5 heteroatoms. The van der Waals surface area contributed by atoms with Crippen molar-refractivity contribution in [3.8, 4) is 0 Å². The highest BCUT2D eigenvalue weighted by Gasteiger charge is 2.41. The van der Waals surface area contributed by atoms with E-state index < -0.39 is 0 Å². The van der Waals surface area contributed by atoms with E-state index in [2.05, 4.69) is 22.6 Å². The van der Waals surface area contributed by atoms with Crippen LogP contribution < -0.4 is 11.1 Å². The first-order chi connectivity index (χ1) is 9.72. The minimum absolute atomic E-state index is 0.453. The fourth-order valence-corrected chi connectivity index (χ4v) is 4.26. The van der Waals surface area contributed by atoms with E-state index in [0.29, 0.717) is 17.2 Å². The van der Waals surface area contributed by atoms with E-state index in [-0.39, 0.29) is 0 Å². The molecule has 0 saturated heterocycles. The van der Waals surface area contributed by atoms with Crippen LogP contribution >= 0.6 is 0 Å². The molecule has 4 rings (SSSR count). The zero-order chi connectivity index (χ0) is 13.7. The summed E-state index contributed by atoms with van der Waals surface area (Å²) >= 11 is 0. The maximum atomic E-state index is 5.88. The van der Waals surface area contributed by atoms with Crippen molar-refractivity contribution in [2.24, 2.45) is 17.8 Å². The highest BCUT2D eigenvalue weighted by atomic mass is 16.6. The van der Waals surface area contributed by atoms with Gasteiger partial charge in [-0.3, -0.25) is 0 Å². The fourth-order valence-electron chi connectivity index (χ4n) is 4.26. The quantitative estimate of drug-likeness (QED) is 0.840. The Morgan fingerprint density at radius 1 is 1.25 bits per heavy atom. The zero-order valence-corrected chi connectivity index (χ0v) is 11.7. The second-order valence-corrected chi connectivity index (χ2v) is 6.44. The number of hydrogen-bond donors (Lipinski definition) is 2. The van der Waals surface area contributed by atoms with Crippen molar-refractivity contribution in [1.82, 2.24) is 10.3 Å². The molecule has 2 aliphatic carbocycles. The number of nitrogen functional groups attached to an aromatic ring is 1. The second kappa shape index (κ2) is 4.36. The molecule has 2 aromatic rings. The Bertz CT molecular complexity index is 638. The molecule has 106 valence electrons. The molecular formula is C15H20N4O. The van der Waals surface area contributed by atoms with E-state index in [1.165, 1.54) is 25.7 Å². The van der Waals surface area contributed by atoms with Gasteiger partial charge in [0.25, 0.3) is 0 Å². The van der Waals surface area contributed by atoms with Crippen LogP contribution in [0.5, 0.6) is 0 Å². The van der Waals surface area contributed by atoms with E-state index in [1.54, 1.807) is 0 Å². The van der Waals surface area contributed by atoms with E-state index in [9.17, 15) is 0 Å². The molecule has 2 aliphatic rings. The lowest BCUT2D eigenvalue weighted by Crippen LogP contribution is -2.30. The number of nitrogens with zero attached hydrogens (tertiary/aromatic N) is 2. The predicted octanol–water partition coefficient (Wildman–Crippen LogP) is 3.04. The molecule has 4 unspecified atom stereocenters. The molecule has 4 atom stereocenters. The average Bonchev–Trinajstić information content (AvgIpc) is 3.16. The molecule has 1 heterocycles. The van der Waals surface area contributed by atoms with Gasteiger partial charge in [0.1, 0.15) is 0 Å². The third-order valence-corrected chi connectivity index (χ3v) is 5.26. The monoisotopic (exact) mass is 272 g/mol. The molecule has 2 saturated carbocycles. The molecule has 20 heavy (non-hydrogen) atoms. The Morgan fingerprint density at radius 3 is 2.85 bits per heavy atom. The Balaban J connectivity index is 1.58. The Labute approximate surface area is 117 Å². The molecule has 0 spiro atoms. The number of anilines is 2.